The minimum Gasteiger partial charge on any atom is -0.480 e. The normalized spacial score (nSPS) is 13.1. The third-order valence-corrected chi connectivity index (χ3v) is 6.19. The molecule has 8 nitrogen and oxygen atoms in total. The molecule has 0 atom stereocenters. The largest absolute Gasteiger partial charge is 0.480 e. The van der Waals surface area contributed by atoms with Crippen LogP contribution in [0.25, 0.3) is 0 Å². The van der Waals surface area contributed by atoms with E-state index < -0.39 is 30.3 Å². The molecule has 37 heavy (non-hydrogen) atoms. The van der Waals surface area contributed by atoms with Crippen LogP contribution >= 0.6 is 11.6 Å². The Hall–Kier alpha value is -3.72. The highest BCUT2D eigenvalue weighted by atomic mass is 35.5. The van der Waals surface area contributed by atoms with Gasteiger partial charge < -0.3 is 19.1 Å². The summed E-state index contributed by atoms with van der Waals surface area (Å²) in [4.78, 5) is 43.6. The summed E-state index contributed by atoms with van der Waals surface area (Å²) >= 11 is 6.15. The Morgan fingerprint density at radius 1 is 1.22 bits per heavy atom. The zero-order valence-electron chi connectivity index (χ0n) is 20.7. The molecular weight excluding hydrogens is 503 g/mol. The number of anilines is 1. The predicted octanol–water partition coefficient (Wildman–Crippen LogP) is 4.87. The molecule has 0 saturated heterocycles. The fraction of sp³-hybridized carbons (Fsp3) is 0.333. The average molecular weight is 531 g/mol. The third-order valence-electron chi connectivity index (χ3n) is 5.89. The van der Waals surface area contributed by atoms with E-state index >= 15 is 4.39 Å². The van der Waals surface area contributed by atoms with Crippen molar-refractivity contribution in [2.75, 3.05) is 25.2 Å². The molecule has 0 bridgehead atoms. The van der Waals surface area contributed by atoms with Gasteiger partial charge in [-0.15, -0.1) is 0 Å². The van der Waals surface area contributed by atoms with Crippen LogP contribution in [0.3, 0.4) is 0 Å². The Labute approximate surface area is 219 Å². The third kappa shape index (κ3) is 6.95. The molecule has 0 aliphatic heterocycles. The SMILES string of the molecule is C=CCOC(=O)C1=C(C(=O)N(Cc2cnccc2C)c2cc(OCC(=O)OC)c(Cl)cc2F)CCCC1. The number of ether oxygens (including phenoxy) is 3. The number of benzene rings is 1. The monoisotopic (exact) mass is 530 g/mol. The molecule has 1 amide bonds. The van der Waals surface area contributed by atoms with Gasteiger partial charge in [0.25, 0.3) is 5.91 Å². The molecule has 0 fully saturated rings. The first kappa shape index (κ1) is 27.9. The van der Waals surface area contributed by atoms with E-state index in [0.29, 0.717) is 24.8 Å². The van der Waals surface area contributed by atoms with Crippen molar-refractivity contribution in [3.8, 4) is 5.75 Å². The number of nitrogens with zero attached hydrogens (tertiary/aromatic N) is 2. The molecule has 1 aromatic carbocycles. The van der Waals surface area contributed by atoms with E-state index in [1.54, 1.807) is 18.5 Å². The van der Waals surface area contributed by atoms with Crippen LogP contribution in [0.1, 0.15) is 36.8 Å². The van der Waals surface area contributed by atoms with Gasteiger partial charge in [0.15, 0.2) is 6.61 Å². The van der Waals surface area contributed by atoms with Gasteiger partial charge in [-0.25, -0.2) is 14.0 Å². The van der Waals surface area contributed by atoms with E-state index in [1.165, 1.54) is 24.2 Å². The molecule has 0 N–H and O–H groups in total. The van der Waals surface area contributed by atoms with Crippen LogP contribution in [0, 0.1) is 12.7 Å². The smallest absolute Gasteiger partial charge is 0.343 e. The van der Waals surface area contributed by atoms with Gasteiger partial charge in [0.05, 0.1) is 24.4 Å². The van der Waals surface area contributed by atoms with Gasteiger partial charge in [-0.3, -0.25) is 9.78 Å². The lowest BCUT2D eigenvalue weighted by atomic mass is 9.90. The van der Waals surface area contributed by atoms with E-state index in [0.717, 1.165) is 18.1 Å². The molecule has 1 aromatic heterocycles. The maximum absolute atomic E-state index is 15.3. The quantitative estimate of drug-likeness (QED) is 0.319. The number of aryl methyl sites for hydroxylation is 1. The minimum atomic E-state index is -0.780. The van der Waals surface area contributed by atoms with Crippen LogP contribution in [-0.4, -0.2) is 43.2 Å². The van der Waals surface area contributed by atoms with Crippen molar-refractivity contribution in [1.29, 1.82) is 0 Å². The van der Waals surface area contributed by atoms with Crippen LogP contribution in [0.5, 0.6) is 5.75 Å². The molecule has 0 unspecified atom stereocenters. The Morgan fingerprint density at radius 2 is 1.95 bits per heavy atom. The Balaban J connectivity index is 2.10. The molecule has 2 aromatic rings. The summed E-state index contributed by atoms with van der Waals surface area (Å²) in [6, 6.07) is 4.04. The topological polar surface area (TPSA) is 95.0 Å². The van der Waals surface area contributed by atoms with Crippen molar-refractivity contribution < 1.29 is 33.0 Å². The van der Waals surface area contributed by atoms with Gasteiger partial charge in [0.2, 0.25) is 0 Å². The summed E-state index contributed by atoms with van der Waals surface area (Å²) < 4.78 is 30.5. The number of hydrogen-bond donors (Lipinski definition) is 0. The minimum absolute atomic E-state index is 0.00702. The van der Waals surface area contributed by atoms with Crippen LogP contribution < -0.4 is 9.64 Å². The van der Waals surface area contributed by atoms with Gasteiger partial charge in [0.1, 0.15) is 18.2 Å². The maximum Gasteiger partial charge on any atom is 0.343 e. The molecule has 0 radical (unpaired) electrons. The average Bonchev–Trinajstić information content (AvgIpc) is 2.90. The maximum atomic E-state index is 15.3. The van der Waals surface area contributed by atoms with Crippen LogP contribution in [-0.2, 0) is 30.4 Å². The zero-order valence-corrected chi connectivity index (χ0v) is 21.5. The van der Waals surface area contributed by atoms with Gasteiger partial charge in [-0.05, 0) is 55.9 Å². The molecule has 3 rings (SSSR count). The van der Waals surface area contributed by atoms with E-state index in [9.17, 15) is 14.4 Å². The first-order chi connectivity index (χ1) is 17.8. The summed E-state index contributed by atoms with van der Waals surface area (Å²) in [6.45, 7) is 4.91. The first-order valence-electron chi connectivity index (χ1n) is 11.7. The number of hydrogen-bond acceptors (Lipinski definition) is 7. The molecule has 10 heteroatoms. The zero-order chi connectivity index (χ0) is 26.9. The second-order valence-corrected chi connectivity index (χ2v) is 8.75. The summed E-state index contributed by atoms with van der Waals surface area (Å²) in [5, 5.41) is -0.0827. The Bertz CT molecular complexity index is 1230. The number of carbonyl (C=O) groups is 3. The van der Waals surface area contributed by atoms with Crippen LogP contribution in [0.2, 0.25) is 5.02 Å². The predicted molar refractivity (Wildman–Crippen MR) is 136 cm³/mol. The standard InChI is InChI=1S/C27H28ClFN2O6/c1-4-11-36-27(34)20-8-6-5-7-19(20)26(33)31(15-18-14-30-10-9-17(18)2)23-13-24(21(28)12-22(23)29)37-16-25(32)35-3/h4,9-10,12-14H,1,5-8,11,15-16H2,2-3H3. The number of carbonyl (C=O) groups excluding carboxylic acids is 3. The highest BCUT2D eigenvalue weighted by Crippen LogP contribution is 2.36. The first-order valence-corrected chi connectivity index (χ1v) is 12.0. The number of halogens is 2. The second-order valence-electron chi connectivity index (χ2n) is 8.34. The highest BCUT2D eigenvalue weighted by molar-refractivity contribution is 6.32. The number of amides is 1. The van der Waals surface area contributed by atoms with Crippen LogP contribution in [0.4, 0.5) is 10.1 Å². The number of aromatic nitrogens is 1. The van der Waals surface area contributed by atoms with Crippen molar-refractivity contribution >= 4 is 35.1 Å². The van der Waals surface area contributed by atoms with Crippen LogP contribution in [0.15, 0.2) is 54.4 Å². The van der Waals surface area contributed by atoms with Crippen molar-refractivity contribution in [2.24, 2.45) is 0 Å². The lowest BCUT2D eigenvalue weighted by molar-refractivity contribution is -0.143. The van der Waals surface area contributed by atoms with E-state index in [4.69, 9.17) is 21.1 Å². The fourth-order valence-electron chi connectivity index (χ4n) is 3.88. The van der Waals surface area contributed by atoms with E-state index in [1.807, 2.05) is 6.92 Å². The lowest BCUT2D eigenvalue weighted by Gasteiger charge is -2.28. The second kappa shape index (κ2) is 13.0. The molecule has 0 saturated carbocycles. The van der Waals surface area contributed by atoms with Crippen molar-refractivity contribution in [3.63, 3.8) is 0 Å². The Morgan fingerprint density at radius 3 is 2.62 bits per heavy atom. The molecule has 0 spiro atoms. The number of esters is 2. The molecular formula is C27H28ClFN2O6. The molecule has 1 aliphatic carbocycles. The molecule has 1 aliphatic rings. The lowest BCUT2D eigenvalue weighted by Crippen LogP contribution is -2.35. The van der Waals surface area contributed by atoms with E-state index in [2.05, 4.69) is 16.3 Å². The van der Waals surface area contributed by atoms with E-state index in [-0.39, 0.29) is 40.8 Å². The summed E-state index contributed by atoms with van der Waals surface area (Å²) in [5.74, 6) is -2.59. The van der Waals surface area contributed by atoms with Crippen molar-refractivity contribution in [1.82, 2.24) is 4.98 Å². The highest BCUT2D eigenvalue weighted by Gasteiger charge is 2.31. The summed E-state index contributed by atoms with van der Waals surface area (Å²) in [5.41, 5.74) is 1.91. The van der Waals surface area contributed by atoms with Crippen molar-refractivity contribution in [3.05, 3.63) is 76.4 Å². The summed E-state index contributed by atoms with van der Waals surface area (Å²) in [7, 11) is 1.20. The fourth-order valence-corrected chi connectivity index (χ4v) is 4.09. The number of rotatable bonds is 10. The van der Waals surface area contributed by atoms with Gasteiger partial charge in [-0.1, -0.05) is 24.3 Å². The van der Waals surface area contributed by atoms with Gasteiger partial charge >= 0.3 is 11.9 Å². The molecule has 196 valence electrons. The summed E-state index contributed by atoms with van der Waals surface area (Å²) in [6.07, 6.45) is 6.76. The van der Waals surface area contributed by atoms with Gasteiger partial charge in [0, 0.05) is 29.6 Å². The number of methoxy groups -OCH3 is 1. The van der Waals surface area contributed by atoms with Crippen molar-refractivity contribution in [2.45, 2.75) is 39.2 Å². The molecule has 1 heterocycles. The number of pyridine rings is 1. The Kier molecular flexibility index (Phi) is 9.79. The van der Waals surface area contributed by atoms with Gasteiger partial charge in [-0.2, -0.15) is 0 Å².